The van der Waals surface area contributed by atoms with Gasteiger partial charge in [-0.05, 0) is 24.3 Å². The van der Waals surface area contributed by atoms with E-state index < -0.39 is 22.1 Å². The van der Waals surface area contributed by atoms with Gasteiger partial charge in [0.1, 0.15) is 18.5 Å². The Morgan fingerprint density at radius 1 is 1.13 bits per heavy atom. The van der Waals surface area contributed by atoms with Gasteiger partial charge in [-0.2, -0.15) is 13.2 Å². The van der Waals surface area contributed by atoms with Crippen LogP contribution in [0.25, 0.3) is 10.9 Å². The fourth-order valence-corrected chi connectivity index (χ4v) is 3.54. The predicted octanol–water partition coefficient (Wildman–Crippen LogP) is 3.35. The van der Waals surface area contributed by atoms with Crippen LogP contribution in [0, 0.1) is 0 Å². The van der Waals surface area contributed by atoms with Crippen molar-refractivity contribution < 1.29 is 26.3 Å². The molecule has 7 nitrogen and oxygen atoms in total. The lowest BCUT2D eigenvalue weighted by Crippen LogP contribution is -2.45. The predicted molar refractivity (Wildman–Crippen MR) is 107 cm³/mol. The van der Waals surface area contributed by atoms with E-state index in [-0.39, 0.29) is 23.2 Å². The van der Waals surface area contributed by atoms with E-state index in [9.17, 15) is 21.6 Å². The highest BCUT2D eigenvalue weighted by Gasteiger charge is 2.44. The van der Waals surface area contributed by atoms with E-state index in [1.54, 1.807) is 6.07 Å². The van der Waals surface area contributed by atoms with Crippen LogP contribution < -0.4 is 10.4 Å². The first kappa shape index (κ1) is 21.1. The molecule has 0 fully saturated rings. The van der Waals surface area contributed by atoms with Gasteiger partial charge in [-0.1, -0.05) is 24.3 Å². The van der Waals surface area contributed by atoms with Gasteiger partial charge in [0.15, 0.2) is 9.84 Å². The molecule has 0 saturated carbocycles. The van der Waals surface area contributed by atoms with Crippen molar-refractivity contribution in [3.05, 3.63) is 72.4 Å². The molecule has 0 aliphatic carbocycles. The minimum atomic E-state index is -4.56. The highest BCUT2D eigenvalue weighted by molar-refractivity contribution is 7.90. The van der Waals surface area contributed by atoms with E-state index in [1.165, 1.54) is 12.1 Å². The van der Waals surface area contributed by atoms with E-state index in [4.69, 9.17) is 4.74 Å². The molecule has 1 atom stereocenters. The highest BCUT2D eigenvalue weighted by atomic mass is 32.2. The molecular weight excluding hydrogens is 433 g/mol. The number of aromatic nitrogens is 2. The maximum atomic E-state index is 13.3. The number of fused-ring (bicyclic) bond motifs is 1. The molecule has 0 bridgehead atoms. The van der Waals surface area contributed by atoms with Crippen LogP contribution in [-0.4, -0.2) is 36.9 Å². The Balaban J connectivity index is 1.58. The molecular formula is C20H17F3N4O3S. The summed E-state index contributed by atoms with van der Waals surface area (Å²) in [6.07, 6.45) is -1.57. The number of para-hydroxylation sites is 1. The summed E-state index contributed by atoms with van der Waals surface area (Å²) in [5, 5.41) is 1.97. The summed E-state index contributed by atoms with van der Waals surface area (Å²) in [6.45, 7) is -0.0686. The van der Waals surface area contributed by atoms with Crippen LogP contribution in [0.15, 0.2) is 71.6 Å². The van der Waals surface area contributed by atoms with E-state index in [0.29, 0.717) is 5.69 Å². The number of hydrogen-bond acceptors (Lipinski definition) is 7. The van der Waals surface area contributed by atoms with Gasteiger partial charge in [0.2, 0.25) is 5.88 Å². The Morgan fingerprint density at radius 3 is 2.58 bits per heavy atom. The normalized spacial score (nSPS) is 17.1. The molecule has 1 N–H and O–H groups in total. The third-order valence-electron chi connectivity index (χ3n) is 4.55. The molecule has 3 aromatic rings. The third-order valence-corrected chi connectivity index (χ3v) is 5.65. The second kappa shape index (κ2) is 7.82. The van der Waals surface area contributed by atoms with E-state index in [2.05, 4.69) is 15.4 Å². The van der Waals surface area contributed by atoms with Crippen molar-refractivity contribution >= 4 is 26.6 Å². The zero-order chi connectivity index (χ0) is 22.2. The van der Waals surface area contributed by atoms with Crippen molar-refractivity contribution in [1.29, 1.82) is 0 Å². The number of hydrazine groups is 1. The average molecular weight is 450 g/mol. The maximum absolute atomic E-state index is 13.3. The lowest BCUT2D eigenvalue weighted by atomic mass is 10.2. The van der Waals surface area contributed by atoms with E-state index in [1.807, 2.05) is 30.3 Å². The summed E-state index contributed by atoms with van der Waals surface area (Å²) in [4.78, 5) is 8.37. The van der Waals surface area contributed by atoms with Crippen LogP contribution in [0.1, 0.15) is 5.69 Å². The standard InChI is InChI=1S/C20H17F3N4O3S/c1-31(28,29)15-8-9-18(24-11-15)27-19(10-17(26-27)20(21,22)23)30-12-14-7-6-13-4-2-3-5-16(13)25-14/h2-11,17,26H,12H2,1H3. The lowest BCUT2D eigenvalue weighted by Gasteiger charge is -2.23. The first-order valence-corrected chi connectivity index (χ1v) is 11.0. The molecule has 0 radical (unpaired) electrons. The zero-order valence-electron chi connectivity index (χ0n) is 16.2. The molecule has 2 aromatic heterocycles. The van der Waals surface area contributed by atoms with Gasteiger partial charge >= 0.3 is 6.18 Å². The SMILES string of the molecule is CS(=O)(=O)c1ccc(N2NC(C(F)(F)F)C=C2OCc2ccc3ccccc3n2)nc1. The van der Waals surface area contributed by atoms with Crippen LogP contribution in [0.4, 0.5) is 19.0 Å². The Morgan fingerprint density at radius 2 is 1.90 bits per heavy atom. The molecule has 1 unspecified atom stereocenters. The lowest BCUT2D eigenvalue weighted by molar-refractivity contribution is -0.142. The first-order chi connectivity index (χ1) is 14.6. The van der Waals surface area contributed by atoms with Crippen molar-refractivity contribution in [2.75, 3.05) is 11.3 Å². The molecule has 0 spiro atoms. The number of ether oxygens (including phenoxy) is 1. The minimum absolute atomic E-state index is 0.0466. The molecule has 0 saturated heterocycles. The smallest absolute Gasteiger partial charge is 0.409 e. The van der Waals surface area contributed by atoms with Crippen molar-refractivity contribution in [2.45, 2.75) is 23.7 Å². The summed E-state index contributed by atoms with van der Waals surface area (Å²) in [5.41, 5.74) is 3.56. The van der Waals surface area contributed by atoms with Crippen LogP contribution in [0.5, 0.6) is 0 Å². The summed E-state index contributed by atoms with van der Waals surface area (Å²) < 4.78 is 68.7. The number of nitrogens with zero attached hydrogens (tertiary/aromatic N) is 3. The Labute approximate surface area is 176 Å². The molecule has 4 rings (SSSR count). The zero-order valence-corrected chi connectivity index (χ0v) is 17.0. The number of hydrogen-bond donors (Lipinski definition) is 1. The van der Waals surface area contributed by atoms with Crippen molar-refractivity contribution in [1.82, 2.24) is 15.4 Å². The number of rotatable bonds is 5. The molecule has 1 aliphatic rings. The maximum Gasteiger partial charge on any atom is 0.409 e. The fourth-order valence-electron chi connectivity index (χ4n) is 2.98. The monoisotopic (exact) mass is 450 g/mol. The topological polar surface area (TPSA) is 84.4 Å². The quantitative estimate of drug-likeness (QED) is 0.638. The average Bonchev–Trinajstić information content (AvgIpc) is 3.16. The number of pyridine rings is 2. The van der Waals surface area contributed by atoms with Gasteiger partial charge in [0, 0.05) is 23.9 Å². The number of benzene rings is 1. The summed E-state index contributed by atoms with van der Waals surface area (Å²) in [6, 6.07) is 11.6. The molecule has 31 heavy (non-hydrogen) atoms. The van der Waals surface area contributed by atoms with Crippen LogP contribution in [0.3, 0.4) is 0 Å². The van der Waals surface area contributed by atoms with Gasteiger partial charge in [0.25, 0.3) is 0 Å². The first-order valence-electron chi connectivity index (χ1n) is 9.10. The highest BCUT2D eigenvalue weighted by Crippen LogP contribution is 2.30. The number of nitrogens with one attached hydrogen (secondary N) is 1. The van der Waals surface area contributed by atoms with Crippen LogP contribution >= 0.6 is 0 Å². The Kier molecular flexibility index (Phi) is 5.31. The fraction of sp³-hybridized carbons (Fsp3) is 0.200. The molecule has 1 aromatic carbocycles. The molecule has 0 amide bonds. The molecule has 162 valence electrons. The summed E-state index contributed by atoms with van der Waals surface area (Å²) in [5.74, 6) is -0.0613. The number of halogens is 3. The van der Waals surface area contributed by atoms with Gasteiger partial charge in [-0.3, -0.25) is 0 Å². The van der Waals surface area contributed by atoms with Gasteiger partial charge < -0.3 is 4.74 Å². The summed E-state index contributed by atoms with van der Waals surface area (Å²) in [7, 11) is -3.49. The van der Waals surface area contributed by atoms with Crippen LogP contribution in [0.2, 0.25) is 0 Å². The van der Waals surface area contributed by atoms with Gasteiger partial charge in [-0.15, -0.1) is 0 Å². The molecule has 11 heteroatoms. The second-order valence-corrected chi connectivity index (χ2v) is 8.91. The van der Waals surface area contributed by atoms with E-state index >= 15 is 0 Å². The van der Waals surface area contributed by atoms with Crippen molar-refractivity contribution in [3.63, 3.8) is 0 Å². The van der Waals surface area contributed by atoms with Gasteiger partial charge in [0.05, 0.1) is 16.1 Å². The number of sulfone groups is 1. The minimum Gasteiger partial charge on any atom is -0.472 e. The molecule has 1 aliphatic heterocycles. The Bertz CT molecular complexity index is 1240. The van der Waals surface area contributed by atoms with Crippen molar-refractivity contribution in [3.8, 4) is 0 Å². The molecule has 3 heterocycles. The van der Waals surface area contributed by atoms with Crippen LogP contribution in [-0.2, 0) is 21.2 Å². The van der Waals surface area contributed by atoms with Crippen molar-refractivity contribution in [2.24, 2.45) is 0 Å². The largest absolute Gasteiger partial charge is 0.472 e. The van der Waals surface area contributed by atoms with E-state index in [0.717, 1.165) is 34.4 Å². The second-order valence-electron chi connectivity index (χ2n) is 6.90. The summed E-state index contributed by atoms with van der Waals surface area (Å²) >= 11 is 0. The number of alkyl halides is 3. The van der Waals surface area contributed by atoms with Gasteiger partial charge in [-0.25, -0.2) is 28.8 Å². The third kappa shape index (κ3) is 4.62. The Hall–Kier alpha value is -3.18. The number of anilines is 1.